The van der Waals surface area contributed by atoms with E-state index in [9.17, 15) is 28.0 Å². The van der Waals surface area contributed by atoms with Gasteiger partial charge in [-0.2, -0.15) is 0 Å². The molecule has 40 heavy (non-hydrogen) atoms. The first-order chi connectivity index (χ1) is 18.9. The van der Waals surface area contributed by atoms with Crippen LogP contribution in [0.2, 0.25) is 0 Å². The first-order valence-corrected chi connectivity index (χ1v) is 12.4. The monoisotopic (exact) mass is 562 g/mol. The molecule has 216 valence electrons. The highest BCUT2D eigenvalue weighted by molar-refractivity contribution is 5.97. The number of methoxy groups -OCH3 is 1. The van der Waals surface area contributed by atoms with Crippen molar-refractivity contribution in [2.75, 3.05) is 43.5 Å². The van der Waals surface area contributed by atoms with Gasteiger partial charge in [-0.25, -0.2) is 18.4 Å². The molecule has 4 N–H and O–H groups in total. The van der Waals surface area contributed by atoms with Crippen LogP contribution < -0.4 is 26.2 Å². The third kappa shape index (κ3) is 7.77. The van der Waals surface area contributed by atoms with E-state index in [-0.39, 0.29) is 31.9 Å². The molecule has 3 rings (SSSR count). The number of amides is 4. The van der Waals surface area contributed by atoms with Crippen LogP contribution in [0.5, 0.6) is 0 Å². The van der Waals surface area contributed by atoms with E-state index in [0.29, 0.717) is 5.56 Å². The number of hydrogen-bond donors (Lipinski definition) is 4. The van der Waals surface area contributed by atoms with Gasteiger partial charge in [0.1, 0.15) is 17.8 Å². The quantitative estimate of drug-likeness (QED) is 0.323. The Morgan fingerprint density at radius 2 is 1.88 bits per heavy atom. The second-order valence-electron chi connectivity index (χ2n) is 10.0. The summed E-state index contributed by atoms with van der Waals surface area (Å²) in [7, 11) is 1.19. The number of carbonyl (C=O) groups excluding carboxylic acids is 4. The molecule has 1 aromatic heterocycles. The third-order valence-corrected chi connectivity index (χ3v) is 5.93. The Morgan fingerprint density at radius 1 is 1.18 bits per heavy atom. The average molecular weight is 563 g/mol. The summed E-state index contributed by atoms with van der Waals surface area (Å²) in [6.45, 7) is 5.28. The van der Waals surface area contributed by atoms with E-state index in [1.165, 1.54) is 19.5 Å². The van der Waals surface area contributed by atoms with Crippen LogP contribution >= 0.6 is 0 Å². The molecular formula is C26H32F2N6O6. The molecule has 12 nitrogen and oxygen atoms in total. The normalized spacial score (nSPS) is 15.6. The summed E-state index contributed by atoms with van der Waals surface area (Å²) in [5.74, 6) is -2.84. The molecular weight excluding hydrogens is 530 g/mol. The molecule has 0 spiro atoms. The van der Waals surface area contributed by atoms with Crippen molar-refractivity contribution in [2.45, 2.75) is 32.9 Å². The van der Waals surface area contributed by atoms with E-state index in [2.05, 4.69) is 31.0 Å². The minimum Gasteiger partial charge on any atom is -0.453 e. The lowest BCUT2D eigenvalue weighted by Gasteiger charge is -2.30. The van der Waals surface area contributed by atoms with Crippen LogP contribution in [0, 0.1) is 17.0 Å². The van der Waals surface area contributed by atoms with Gasteiger partial charge in [0, 0.05) is 37.6 Å². The first-order valence-electron chi connectivity index (χ1n) is 12.4. The molecule has 2 aromatic rings. The molecule has 1 saturated heterocycles. The predicted octanol–water partition coefficient (Wildman–Crippen LogP) is 2.41. The Labute approximate surface area is 229 Å². The Hall–Kier alpha value is -4.49. The van der Waals surface area contributed by atoms with Gasteiger partial charge in [0.2, 0.25) is 5.91 Å². The van der Waals surface area contributed by atoms with Crippen LogP contribution in [0.25, 0.3) is 0 Å². The van der Waals surface area contributed by atoms with Gasteiger partial charge in [-0.05, 0) is 17.5 Å². The number of nitrogens with one attached hydrogen (secondary N) is 4. The van der Waals surface area contributed by atoms with E-state index < -0.39 is 58.9 Å². The Balaban J connectivity index is 1.55. The van der Waals surface area contributed by atoms with Crippen molar-refractivity contribution in [3.8, 4) is 0 Å². The van der Waals surface area contributed by atoms with Crippen LogP contribution in [0.15, 0.2) is 36.7 Å². The molecule has 0 bridgehead atoms. The van der Waals surface area contributed by atoms with Gasteiger partial charge in [0.05, 0.1) is 31.5 Å². The number of anilines is 2. The second-order valence-corrected chi connectivity index (χ2v) is 10.0. The standard InChI is InChI=1S/C26H32F2N6O6/c1-26(2,3)21(33-22(35)15-6-5-7-29-12-15)23(36)31-9-8-30-20-18(27)10-16(11-19(20)28)34-14-17(40-25(34)38)13-32-24(37)39-4/h5-7,10-12,17,21,30H,8-9,13-14H2,1-4H3,(H,31,36)(H,32,37)(H,33,35)/t17-,21+/m0/s1. The van der Waals surface area contributed by atoms with Gasteiger partial charge in [0.25, 0.3) is 5.91 Å². The molecule has 1 aliphatic heterocycles. The summed E-state index contributed by atoms with van der Waals surface area (Å²) >= 11 is 0. The van der Waals surface area contributed by atoms with E-state index in [0.717, 1.165) is 17.0 Å². The highest BCUT2D eigenvalue weighted by Gasteiger charge is 2.34. The molecule has 0 saturated carbocycles. The van der Waals surface area contributed by atoms with Gasteiger partial charge in [-0.15, -0.1) is 0 Å². The maximum Gasteiger partial charge on any atom is 0.414 e. The summed E-state index contributed by atoms with van der Waals surface area (Å²) in [5.41, 5.74) is -0.825. The van der Waals surface area contributed by atoms with E-state index in [1.54, 1.807) is 32.9 Å². The number of pyridine rings is 1. The molecule has 4 amide bonds. The number of cyclic esters (lactones) is 1. The minimum absolute atomic E-state index is 0.00212. The summed E-state index contributed by atoms with van der Waals surface area (Å²) in [6, 6.07) is 4.25. The van der Waals surface area contributed by atoms with E-state index in [4.69, 9.17) is 4.74 Å². The van der Waals surface area contributed by atoms with Crippen LogP contribution in [0.3, 0.4) is 0 Å². The highest BCUT2D eigenvalue weighted by atomic mass is 19.1. The average Bonchev–Trinajstić information content (AvgIpc) is 3.29. The predicted molar refractivity (Wildman–Crippen MR) is 141 cm³/mol. The van der Waals surface area contributed by atoms with Crippen molar-refractivity contribution in [3.05, 3.63) is 53.9 Å². The van der Waals surface area contributed by atoms with Crippen molar-refractivity contribution in [3.63, 3.8) is 0 Å². The lowest BCUT2D eigenvalue weighted by atomic mass is 9.86. The Morgan fingerprint density at radius 3 is 2.48 bits per heavy atom. The lowest BCUT2D eigenvalue weighted by Crippen LogP contribution is -2.54. The van der Waals surface area contributed by atoms with Crippen LogP contribution in [-0.2, 0) is 14.3 Å². The van der Waals surface area contributed by atoms with Crippen molar-refractivity contribution in [1.82, 2.24) is 20.9 Å². The van der Waals surface area contributed by atoms with Crippen molar-refractivity contribution < 1.29 is 37.4 Å². The van der Waals surface area contributed by atoms with Gasteiger partial charge >= 0.3 is 12.2 Å². The summed E-state index contributed by atoms with van der Waals surface area (Å²) in [5, 5.41) is 10.4. The largest absolute Gasteiger partial charge is 0.453 e. The highest BCUT2D eigenvalue weighted by Crippen LogP contribution is 2.28. The van der Waals surface area contributed by atoms with Crippen molar-refractivity contribution >= 4 is 35.4 Å². The fraction of sp³-hybridized carbons (Fsp3) is 0.423. The number of alkyl carbamates (subject to hydrolysis) is 1. The number of hydrogen-bond acceptors (Lipinski definition) is 8. The third-order valence-electron chi connectivity index (χ3n) is 5.93. The number of ether oxygens (including phenoxy) is 2. The maximum atomic E-state index is 14.8. The minimum atomic E-state index is -0.957. The Bertz CT molecular complexity index is 1220. The zero-order valence-corrected chi connectivity index (χ0v) is 22.5. The fourth-order valence-electron chi connectivity index (χ4n) is 3.85. The fourth-order valence-corrected chi connectivity index (χ4v) is 3.85. The smallest absolute Gasteiger partial charge is 0.414 e. The van der Waals surface area contributed by atoms with Gasteiger partial charge in [-0.3, -0.25) is 19.5 Å². The molecule has 0 aliphatic carbocycles. The Kier molecular flexibility index (Phi) is 9.80. The number of halogens is 2. The molecule has 0 unspecified atom stereocenters. The summed E-state index contributed by atoms with van der Waals surface area (Å²) in [4.78, 5) is 53.7. The zero-order chi connectivity index (χ0) is 29.4. The topological polar surface area (TPSA) is 151 Å². The summed E-state index contributed by atoms with van der Waals surface area (Å²) < 4.78 is 39.1. The first kappa shape index (κ1) is 30.1. The van der Waals surface area contributed by atoms with Gasteiger partial charge in [-0.1, -0.05) is 20.8 Å². The zero-order valence-electron chi connectivity index (χ0n) is 22.5. The molecule has 2 atom stereocenters. The van der Waals surface area contributed by atoms with Crippen LogP contribution in [-0.4, -0.2) is 74.4 Å². The maximum absolute atomic E-state index is 14.8. The number of carbonyl (C=O) groups is 4. The molecule has 2 heterocycles. The number of rotatable bonds is 10. The number of aromatic nitrogens is 1. The molecule has 14 heteroatoms. The lowest BCUT2D eigenvalue weighted by molar-refractivity contribution is -0.125. The van der Waals surface area contributed by atoms with Crippen molar-refractivity contribution in [1.29, 1.82) is 0 Å². The van der Waals surface area contributed by atoms with E-state index in [1.807, 2.05) is 0 Å². The van der Waals surface area contributed by atoms with Crippen LogP contribution in [0.1, 0.15) is 31.1 Å². The van der Waals surface area contributed by atoms with Gasteiger partial charge in [0.15, 0.2) is 11.6 Å². The van der Waals surface area contributed by atoms with Crippen molar-refractivity contribution in [2.24, 2.45) is 5.41 Å². The SMILES string of the molecule is COC(=O)NC[C@H]1CN(c2cc(F)c(NCCNC(=O)[C@@H](NC(=O)c3cccnc3)C(C)(C)C)c(F)c2)C(=O)O1. The number of benzene rings is 1. The molecule has 1 fully saturated rings. The van der Waals surface area contributed by atoms with Crippen LogP contribution in [0.4, 0.5) is 29.7 Å². The molecule has 1 aliphatic rings. The second kappa shape index (κ2) is 13.0. The van der Waals surface area contributed by atoms with Gasteiger partial charge < -0.3 is 30.7 Å². The molecule has 0 radical (unpaired) electrons. The summed E-state index contributed by atoms with van der Waals surface area (Å²) in [6.07, 6.45) is 0.661. The van der Waals surface area contributed by atoms with E-state index >= 15 is 0 Å². The number of nitrogens with zero attached hydrogens (tertiary/aromatic N) is 2. The molecule has 1 aromatic carbocycles.